The van der Waals surface area contributed by atoms with Crippen molar-refractivity contribution in [2.75, 3.05) is 19.6 Å². The molecule has 0 aliphatic rings. The Kier molecular flexibility index (Phi) is 5.71. The van der Waals surface area contributed by atoms with Crippen molar-refractivity contribution in [3.05, 3.63) is 42.0 Å². The normalized spacial score (nSPS) is 10.9. The predicted molar refractivity (Wildman–Crippen MR) is 62.0 cm³/mol. The van der Waals surface area contributed by atoms with Gasteiger partial charge in [-0.1, -0.05) is 42.5 Å². The third-order valence-corrected chi connectivity index (χ3v) is 1.93. The van der Waals surface area contributed by atoms with Crippen LogP contribution in [0.5, 0.6) is 0 Å². The first-order chi connectivity index (χ1) is 6.93. The monoisotopic (exact) mass is 190 g/mol. The van der Waals surface area contributed by atoms with Crippen LogP contribution < -0.4 is 11.1 Å². The predicted octanol–water partition coefficient (Wildman–Crippen LogP) is 1.64. The van der Waals surface area contributed by atoms with Gasteiger partial charge in [-0.3, -0.25) is 0 Å². The van der Waals surface area contributed by atoms with Gasteiger partial charge in [0, 0.05) is 6.54 Å². The molecule has 0 bridgehead atoms. The van der Waals surface area contributed by atoms with Crippen LogP contribution >= 0.6 is 0 Å². The minimum atomic E-state index is 0.759. The van der Waals surface area contributed by atoms with E-state index < -0.39 is 0 Å². The van der Waals surface area contributed by atoms with Crippen LogP contribution in [0.25, 0.3) is 6.08 Å². The lowest BCUT2D eigenvalue weighted by molar-refractivity contribution is 0.701. The van der Waals surface area contributed by atoms with E-state index in [4.69, 9.17) is 5.73 Å². The second-order valence-corrected chi connectivity index (χ2v) is 3.16. The molecule has 0 amide bonds. The molecule has 0 fully saturated rings. The summed E-state index contributed by atoms with van der Waals surface area (Å²) in [7, 11) is 0. The summed E-state index contributed by atoms with van der Waals surface area (Å²) in [5, 5.41) is 3.29. The molecule has 2 nitrogen and oxygen atoms in total. The summed E-state index contributed by atoms with van der Waals surface area (Å²) in [6.45, 7) is 2.67. The number of nitrogens with two attached hydrogens (primary N) is 1. The average molecular weight is 190 g/mol. The third-order valence-electron chi connectivity index (χ3n) is 1.93. The molecule has 0 atom stereocenters. The van der Waals surface area contributed by atoms with Crippen molar-refractivity contribution >= 4 is 6.08 Å². The van der Waals surface area contributed by atoms with Crippen molar-refractivity contribution < 1.29 is 0 Å². The summed E-state index contributed by atoms with van der Waals surface area (Å²) < 4.78 is 0. The van der Waals surface area contributed by atoms with Crippen LogP contribution in [0, 0.1) is 0 Å². The molecular formula is C12H18N2. The highest BCUT2D eigenvalue weighted by Gasteiger charge is 1.83. The number of hydrogen-bond donors (Lipinski definition) is 2. The fraction of sp³-hybridized carbons (Fsp3) is 0.333. The summed E-state index contributed by atoms with van der Waals surface area (Å²) in [5.74, 6) is 0. The number of rotatable bonds is 6. The van der Waals surface area contributed by atoms with Gasteiger partial charge in [-0.05, 0) is 25.1 Å². The third kappa shape index (κ3) is 4.80. The van der Waals surface area contributed by atoms with Crippen LogP contribution in [0.2, 0.25) is 0 Å². The topological polar surface area (TPSA) is 38.0 Å². The van der Waals surface area contributed by atoms with E-state index in [1.165, 1.54) is 5.56 Å². The summed E-state index contributed by atoms with van der Waals surface area (Å²) >= 11 is 0. The molecule has 0 aromatic heterocycles. The summed E-state index contributed by atoms with van der Waals surface area (Å²) in [4.78, 5) is 0. The van der Waals surface area contributed by atoms with Crippen molar-refractivity contribution in [1.82, 2.24) is 5.32 Å². The lowest BCUT2D eigenvalue weighted by Gasteiger charge is -1.98. The van der Waals surface area contributed by atoms with Gasteiger partial charge in [-0.2, -0.15) is 0 Å². The molecule has 0 aliphatic carbocycles. The van der Waals surface area contributed by atoms with Gasteiger partial charge in [0.1, 0.15) is 0 Å². The maximum atomic E-state index is 5.38. The van der Waals surface area contributed by atoms with Gasteiger partial charge in [0.2, 0.25) is 0 Å². The second kappa shape index (κ2) is 7.30. The van der Waals surface area contributed by atoms with E-state index in [1.54, 1.807) is 0 Å². The molecule has 0 saturated carbocycles. The Balaban J connectivity index is 2.15. The van der Waals surface area contributed by atoms with Crippen molar-refractivity contribution in [2.45, 2.75) is 6.42 Å². The van der Waals surface area contributed by atoms with Crippen LogP contribution in [0.15, 0.2) is 36.4 Å². The molecule has 1 aromatic carbocycles. The highest BCUT2D eigenvalue weighted by Crippen LogP contribution is 1.99. The van der Waals surface area contributed by atoms with Gasteiger partial charge < -0.3 is 11.1 Å². The summed E-state index contributed by atoms with van der Waals surface area (Å²) in [6, 6.07) is 10.3. The molecule has 0 unspecified atom stereocenters. The van der Waals surface area contributed by atoms with Crippen LogP contribution in [-0.2, 0) is 0 Å². The van der Waals surface area contributed by atoms with Crippen LogP contribution in [-0.4, -0.2) is 19.6 Å². The molecule has 76 valence electrons. The number of nitrogens with one attached hydrogen (secondary N) is 1. The molecule has 0 spiro atoms. The van der Waals surface area contributed by atoms with E-state index in [1.807, 2.05) is 18.2 Å². The fourth-order valence-electron chi connectivity index (χ4n) is 1.17. The Labute approximate surface area is 85.8 Å². The number of hydrogen-bond acceptors (Lipinski definition) is 2. The molecular weight excluding hydrogens is 172 g/mol. The van der Waals surface area contributed by atoms with Crippen LogP contribution in [0.4, 0.5) is 0 Å². The van der Waals surface area contributed by atoms with E-state index in [2.05, 4.69) is 29.6 Å². The smallest absolute Gasteiger partial charge is 0.0138 e. The first-order valence-electron chi connectivity index (χ1n) is 5.06. The van der Waals surface area contributed by atoms with E-state index in [9.17, 15) is 0 Å². The van der Waals surface area contributed by atoms with Gasteiger partial charge in [0.25, 0.3) is 0 Å². The molecule has 3 N–H and O–H groups in total. The highest BCUT2D eigenvalue weighted by atomic mass is 14.8. The first-order valence-corrected chi connectivity index (χ1v) is 5.06. The molecule has 0 saturated heterocycles. The molecule has 14 heavy (non-hydrogen) atoms. The molecule has 1 rings (SSSR count). The van der Waals surface area contributed by atoms with Gasteiger partial charge in [0.15, 0.2) is 0 Å². The SMILES string of the molecule is NCCCNCC=Cc1ccccc1. The Morgan fingerprint density at radius 2 is 2.00 bits per heavy atom. The first kappa shape index (κ1) is 11.0. The molecule has 0 heterocycles. The standard InChI is InChI=1S/C12H18N2/c13-9-5-11-14-10-4-8-12-6-2-1-3-7-12/h1-4,6-8,14H,5,9-11,13H2. The minimum Gasteiger partial charge on any atom is -0.330 e. The van der Waals surface area contributed by atoms with E-state index in [-0.39, 0.29) is 0 Å². The highest BCUT2D eigenvalue weighted by molar-refractivity contribution is 5.48. The zero-order valence-electron chi connectivity index (χ0n) is 8.45. The Morgan fingerprint density at radius 1 is 1.21 bits per heavy atom. The van der Waals surface area contributed by atoms with Gasteiger partial charge in [0.05, 0.1) is 0 Å². The zero-order valence-corrected chi connectivity index (χ0v) is 8.45. The minimum absolute atomic E-state index is 0.759. The van der Waals surface area contributed by atoms with Crippen LogP contribution in [0.1, 0.15) is 12.0 Å². The largest absolute Gasteiger partial charge is 0.330 e. The van der Waals surface area contributed by atoms with E-state index >= 15 is 0 Å². The lowest BCUT2D eigenvalue weighted by Crippen LogP contribution is -2.17. The quantitative estimate of drug-likeness (QED) is 0.669. The Bertz CT molecular complexity index is 254. The summed E-state index contributed by atoms with van der Waals surface area (Å²) in [6.07, 6.45) is 5.29. The second-order valence-electron chi connectivity index (χ2n) is 3.16. The van der Waals surface area contributed by atoms with Crippen molar-refractivity contribution in [2.24, 2.45) is 5.73 Å². The lowest BCUT2D eigenvalue weighted by atomic mass is 10.2. The van der Waals surface area contributed by atoms with Gasteiger partial charge in [-0.15, -0.1) is 0 Å². The molecule has 0 radical (unpaired) electrons. The maximum absolute atomic E-state index is 5.38. The molecule has 1 aromatic rings. The van der Waals surface area contributed by atoms with Crippen molar-refractivity contribution in [3.8, 4) is 0 Å². The molecule has 2 heteroatoms. The Morgan fingerprint density at radius 3 is 2.71 bits per heavy atom. The fourth-order valence-corrected chi connectivity index (χ4v) is 1.17. The van der Waals surface area contributed by atoms with Crippen molar-refractivity contribution in [3.63, 3.8) is 0 Å². The van der Waals surface area contributed by atoms with E-state index in [0.29, 0.717) is 0 Å². The zero-order chi connectivity index (χ0) is 10.1. The Hall–Kier alpha value is -1.12. The van der Waals surface area contributed by atoms with E-state index in [0.717, 1.165) is 26.1 Å². The molecule has 0 aliphatic heterocycles. The number of benzene rings is 1. The van der Waals surface area contributed by atoms with Gasteiger partial charge >= 0.3 is 0 Å². The average Bonchev–Trinajstić information content (AvgIpc) is 2.25. The van der Waals surface area contributed by atoms with Gasteiger partial charge in [-0.25, -0.2) is 0 Å². The summed E-state index contributed by atoms with van der Waals surface area (Å²) in [5.41, 5.74) is 6.62. The maximum Gasteiger partial charge on any atom is 0.0138 e. The van der Waals surface area contributed by atoms with Crippen LogP contribution in [0.3, 0.4) is 0 Å². The van der Waals surface area contributed by atoms with Crippen molar-refractivity contribution in [1.29, 1.82) is 0 Å².